The molecule has 1 aliphatic rings. The van der Waals surface area contributed by atoms with Gasteiger partial charge in [0, 0.05) is 43.1 Å². The maximum Gasteiger partial charge on any atom is 0.269 e. The summed E-state index contributed by atoms with van der Waals surface area (Å²) in [6, 6.07) is 9.20. The van der Waals surface area contributed by atoms with E-state index in [1.54, 1.807) is 13.0 Å². The van der Waals surface area contributed by atoms with E-state index in [9.17, 15) is 9.59 Å². The number of anilines is 2. The van der Waals surface area contributed by atoms with Gasteiger partial charge in [0.2, 0.25) is 5.91 Å². The number of aromatic nitrogens is 2. The lowest BCUT2D eigenvalue weighted by Gasteiger charge is -2.19. The number of H-pyrrole nitrogens is 1. The topological polar surface area (TPSA) is 90.1 Å². The molecule has 0 aliphatic carbocycles. The molecule has 0 spiro atoms. The van der Waals surface area contributed by atoms with Crippen molar-refractivity contribution in [3.05, 3.63) is 42.2 Å². The lowest BCUT2D eigenvalue weighted by Crippen LogP contribution is -2.35. The second-order valence-corrected chi connectivity index (χ2v) is 6.34. The molecule has 0 radical (unpaired) electrons. The van der Waals surface area contributed by atoms with Crippen molar-refractivity contribution < 1.29 is 9.59 Å². The van der Waals surface area contributed by atoms with Crippen molar-refractivity contribution in [3.63, 3.8) is 0 Å². The van der Waals surface area contributed by atoms with Gasteiger partial charge in [-0.1, -0.05) is 6.07 Å². The maximum absolute atomic E-state index is 12.2. The van der Waals surface area contributed by atoms with Crippen LogP contribution in [0.3, 0.4) is 0 Å². The minimum Gasteiger partial charge on any atom is -0.371 e. The van der Waals surface area contributed by atoms with E-state index in [-0.39, 0.29) is 24.3 Å². The molecule has 0 bridgehead atoms. The average molecular weight is 341 g/mol. The first-order valence-corrected chi connectivity index (χ1v) is 8.57. The fraction of sp³-hybridized carbons (Fsp3) is 0.389. The van der Waals surface area contributed by atoms with Gasteiger partial charge in [0.1, 0.15) is 5.69 Å². The number of hydrogen-bond acceptors (Lipinski definition) is 4. The third-order valence-corrected chi connectivity index (χ3v) is 4.22. The molecule has 25 heavy (non-hydrogen) atoms. The zero-order chi connectivity index (χ0) is 17.6. The number of rotatable bonds is 6. The quantitative estimate of drug-likeness (QED) is 0.751. The van der Waals surface area contributed by atoms with Crippen LogP contribution in [-0.4, -0.2) is 41.1 Å². The number of carbonyl (C=O) groups excluding carboxylic acids is 2. The zero-order valence-electron chi connectivity index (χ0n) is 14.3. The summed E-state index contributed by atoms with van der Waals surface area (Å²) in [6.07, 6.45) is 4.14. The molecule has 1 aromatic carbocycles. The Morgan fingerprint density at radius 3 is 2.80 bits per heavy atom. The van der Waals surface area contributed by atoms with Gasteiger partial charge in [-0.15, -0.1) is 0 Å². The van der Waals surface area contributed by atoms with Crippen LogP contribution in [0.15, 0.2) is 36.5 Å². The third kappa shape index (κ3) is 4.59. The smallest absolute Gasteiger partial charge is 0.269 e. The second-order valence-electron chi connectivity index (χ2n) is 6.34. The highest BCUT2D eigenvalue weighted by Crippen LogP contribution is 2.23. The Labute approximate surface area is 146 Å². The molecule has 1 atom stereocenters. The molecular weight excluding hydrogens is 318 g/mol. The summed E-state index contributed by atoms with van der Waals surface area (Å²) < 4.78 is 0. The van der Waals surface area contributed by atoms with Gasteiger partial charge in [-0.25, -0.2) is 0 Å². The molecular formula is C18H23N5O2. The SMILES string of the molecule is CC(CC(=O)Nc1cccc(N2CCCC2)c1)NC(=O)c1ccn[nH]1. The highest BCUT2D eigenvalue weighted by Gasteiger charge is 2.15. The van der Waals surface area contributed by atoms with Crippen molar-refractivity contribution in [1.82, 2.24) is 15.5 Å². The van der Waals surface area contributed by atoms with Crippen molar-refractivity contribution in [1.29, 1.82) is 0 Å². The molecule has 3 rings (SSSR count). The predicted molar refractivity (Wildman–Crippen MR) is 96.7 cm³/mol. The predicted octanol–water partition coefficient (Wildman–Crippen LogP) is 2.16. The second kappa shape index (κ2) is 7.83. The van der Waals surface area contributed by atoms with Crippen LogP contribution in [0.2, 0.25) is 0 Å². The summed E-state index contributed by atoms with van der Waals surface area (Å²) in [7, 11) is 0. The fourth-order valence-corrected chi connectivity index (χ4v) is 2.98. The number of nitrogens with one attached hydrogen (secondary N) is 3. The highest BCUT2D eigenvalue weighted by molar-refractivity contribution is 5.94. The van der Waals surface area contributed by atoms with E-state index in [0.29, 0.717) is 5.69 Å². The van der Waals surface area contributed by atoms with Gasteiger partial charge < -0.3 is 15.5 Å². The minimum atomic E-state index is -0.280. The Hall–Kier alpha value is -2.83. The Bertz CT molecular complexity index is 723. The van der Waals surface area contributed by atoms with E-state index >= 15 is 0 Å². The number of amides is 2. The molecule has 0 saturated carbocycles. The molecule has 1 unspecified atom stereocenters. The normalized spacial score (nSPS) is 15.0. The van der Waals surface area contributed by atoms with Crippen LogP contribution in [0.25, 0.3) is 0 Å². The summed E-state index contributed by atoms with van der Waals surface area (Å²) in [6.45, 7) is 3.93. The number of nitrogens with zero attached hydrogens (tertiary/aromatic N) is 2. The Morgan fingerprint density at radius 1 is 1.28 bits per heavy atom. The van der Waals surface area contributed by atoms with E-state index < -0.39 is 0 Å². The first-order valence-electron chi connectivity index (χ1n) is 8.57. The molecule has 7 nitrogen and oxygen atoms in total. The van der Waals surface area contributed by atoms with Crippen LogP contribution < -0.4 is 15.5 Å². The van der Waals surface area contributed by atoms with Crippen molar-refractivity contribution in [2.75, 3.05) is 23.3 Å². The Balaban J connectivity index is 1.51. The summed E-state index contributed by atoms with van der Waals surface area (Å²) in [4.78, 5) is 26.5. The molecule has 2 amide bonds. The molecule has 1 fully saturated rings. The molecule has 3 N–H and O–H groups in total. The fourth-order valence-electron chi connectivity index (χ4n) is 2.98. The van der Waals surface area contributed by atoms with Crippen molar-refractivity contribution >= 4 is 23.2 Å². The van der Waals surface area contributed by atoms with Crippen LogP contribution in [0.5, 0.6) is 0 Å². The van der Waals surface area contributed by atoms with E-state index in [1.807, 2.05) is 18.2 Å². The van der Waals surface area contributed by atoms with Crippen LogP contribution >= 0.6 is 0 Å². The molecule has 2 heterocycles. The summed E-state index contributed by atoms with van der Waals surface area (Å²) in [5.74, 6) is -0.398. The van der Waals surface area contributed by atoms with Crippen LogP contribution in [0.4, 0.5) is 11.4 Å². The largest absolute Gasteiger partial charge is 0.371 e. The van der Waals surface area contributed by atoms with Crippen molar-refractivity contribution in [2.24, 2.45) is 0 Å². The zero-order valence-corrected chi connectivity index (χ0v) is 14.3. The Kier molecular flexibility index (Phi) is 5.33. The summed E-state index contributed by atoms with van der Waals surface area (Å²) in [5, 5.41) is 12.0. The molecule has 2 aromatic rings. The standard InChI is InChI=1S/C18H23N5O2/c1-13(20-18(25)16-7-8-19-22-16)11-17(24)21-14-5-4-6-15(12-14)23-9-2-3-10-23/h4-8,12-13H,2-3,9-11H2,1H3,(H,19,22)(H,20,25)(H,21,24). The van der Waals surface area contributed by atoms with Gasteiger partial charge in [0.25, 0.3) is 5.91 Å². The first kappa shape index (κ1) is 17.0. The average Bonchev–Trinajstić information content (AvgIpc) is 3.28. The Morgan fingerprint density at radius 2 is 2.08 bits per heavy atom. The van der Waals surface area contributed by atoms with Gasteiger partial charge in [-0.2, -0.15) is 5.10 Å². The van der Waals surface area contributed by atoms with E-state index in [2.05, 4.69) is 31.8 Å². The number of hydrogen-bond donors (Lipinski definition) is 3. The molecule has 1 aliphatic heterocycles. The number of aromatic amines is 1. The lowest BCUT2D eigenvalue weighted by molar-refractivity contribution is -0.116. The van der Waals surface area contributed by atoms with Crippen LogP contribution in [0, 0.1) is 0 Å². The highest BCUT2D eigenvalue weighted by atomic mass is 16.2. The number of carbonyl (C=O) groups is 2. The van der Waals surface area contributed by atoms with Gasteiger partial charge in [-0.3, -0.25) is 14.7 Å². The minimum absolute atomic E-state index is 0.129. The van der Waals surface area contributed by atoms with E-state index in [1.165, 1.54) is 19.0 Å². The maximum atomic E-state index is 12.2. The van der Waals surface area contributed by atoms with Gasteiger partial charge in [-0.05, 0) is 44.0 Å². The van der Waals surface area contributed by atoms with E-state index in [4.69, 9.17) is 0 Å². The molecule has 1 aromatic heterocycles. The molecule has 132 valence electrons. The van der Waals surface area contributed by atoms with Crippen LogP contribution in [0.1, 0.15) is 36.7 Å². The molecule has 1 saturated heterocycles. The number of benzene rings is 1. The van der Waals surface area contributed by atoms with Gasteiger partial charge in [0.05, 0.1) is 0 Å². The first-order chi connectivity index (χ1) is 12.1. The summed E-state index contributed by atoms with van der Waals surface area (Å²) >= 11 is 0. The lowest BCUT2D eigenvalue weighted by atomic mass is 10.2. The third-order valence-electron chi connectivity index (χ3n) is 4.22. The summed E-state index contributed by atoms with van der Waals surface area (Å²) in [5.41, 5.74) is 2.29. The van der Waals surface area contributed by atoms with Crippen molar-refractivity contribution in [2.45, 2.75) is 32.2 Å². The van der Waals surface area contributed by atoms with E-state index in [0.717, 1.165) is 24.5 Å². The van der Waals surface area contributed by atoms with Crippen molar-refractivity contribution in [3.8, 4) is 0 Å². The van der Waals surface area contributed by atoms with Crippen LogP contribution in [-0.2, 0) is 4.79 Å². The monoisotopic (exact) mass is 341 g/mol. The van der Waals surface area contributed by atoms with Gasteiger partial charge >= 0.3 is 0 Å². The molecule has 7 heteroatoms. The van der Waals surface area contributed by atoms with Gasteiger partial charge in [0.15, 0.2) is 0 Å².